The molecule has 1 aromatic rings. The summed E-state index contributed by atoms with van der Waals surface area (Å²) in [6, 6.07) is 6.59. The van der Waals surface area contributed by atoms with E-state index in [-0.39, 0.29) is 18.0 Å². The van der Waals surface area contributed by atoms with E-state index in [1.165, 1.54) is 0 Å². The second kappa shape index (κ2) is 7.08. The van der Waals surface area contributed by atoms with Crippen LogP contribution in [0.5, 0.6) is 0 Å². The van der Waals surface area contributed by atoms with E-state index in [1.54, 1.807) is 43.3 Å². The third kappa shape index (κ3) is 4.19. The maximum atomic E-state index is 12.1. The van der Waals surface area contributed by atoms with Gasteiger partial charge in [-0.1, -0.05) is 0 Å². The highest BCUT2D eigenvalue weighted by atomic mass is 16.5. The van der Waals surface area contributed by atoms with Crippen LogP contribution < -0.4 is 10.6 Å². The lowest BCUT2D eigenvalue weighted by atomic mass is 10.2. The normalized spacial score (nSPS) is 17.3. The van der Waals surface area contributed by atoms with Crippen molar-refractivity contribution in [1.29, 1.82) is 0 Å². The van der Waals surface area contributed by atoms with Crippen LogP contribution in [-0.2, 0) is 4.74 Å². The molecule has 0 aromatic heterocycles. The van der Waals surface area contributed by atoms with Gasteiger partial charge in [0.25, 0.3) is 5.91 Å². The van der Waals surface area contributed by atoms with Gasteiger partial charge in [-0.2, -0.15) is 0 Å². The van der Waals surface area contributed by atoms with E-state index in [0.717, 1.165) is 19.4 Å². The van der Waals surface area contributed by atoms with Gasteiger partial charge < -0.3 is 20.3 Å². The van der Waals surface area contributed by atoms with Crippen LogP contribution in [0.4, 0.5) is 10.5 Å². The molecule has 6 nitrogen and oxygen atoms in total. The first-order valence-electron chi connectivity index (χ1n) is 7.06. The van der Waals surface area contributed by atoms with E-state index < -0.39 is 0 Å². The number of amides is 3. The number of carbonyl (C=O) groups is 2. The van der Waals surface area contributed by atoms with Crippen molar-refractivity contribution in [3.8, 4) is 0 Å². The Morgan fingerprint density at radius 3 is 2.62 bits per heavy atom. The molecule has 2 N–H and O–H groups in total. The van der Waals surface area contributed by atoms with Crippen molar-refractivity contribution < 1.29 is 14.3 Å². The lowest BCUT2D eigenvalue weighted by Gasteiger charge is -2.21. The van der Waals surface area contributed by atoms with Crippen LogP contribution in [0.2, 0.25) is 0 Å². The molecular weight excluding hydrogens is 270 g/mol. The first-order chi connectivity index (χ1) is 10.1. The number of urea groups is 1. The van der Waals surface area contributed by atoms with Gasteiger partial charge in [0.05, 0.1) is 6.10 Å². The van der Waals surface area contributed by atoms with Gasteiger partial charge in [0.1, 0.15) is 0 Å². The van der Waals surface area contributed by atoms with E-state index in [9.17, 15) is 9.59 Å². The highest BCUT2D eigenvalue weighted by Crippen LogP contribution is 2.14. The lowest BCUT2D eigenvalue weighted by molar-refractivity contribution is 0.0894. The van der Waals surface area contributed by atoms with Crippen molar-refractivity contribution in [3.63, 3.8) is 0 Å². The van der Waals surface area contributed by atoms with Crippen molar-refractivity contribution >= 4 is 17.6 Å². The summed E-state index contributed by atoms with van der Waals surface area (Å²) in [5, 5.41) is 5.35. The van der Waals surface area contributed by atoms with Gasteiger partial charge in [-0.25, -0.2) is 4.79 Å². The average Bonchev–Trinajstić information content (AvgIpc) is 3.00. The third-order valence-electron chi connectivity index (χ3n) is 3.47. The van der Waals surface area contributed by atoms with Crippen LogP contribution >= 0.6 is 0 Å². The third-order valence-corrected chi connectivity index (χ3v) is 3.47. The van der Waals surface area contributed by atoms with Gasteiger partial charge in [0.15, 0.2) is 0 Å². The van der Waals surface area contributed by atoms with Crippen molar-refractivity contribution in [2.45, 2.75) is 18.9 Å². The largest absolute Gasteiger partial charge is 0.376 e. The first-order valence-corrected chi connectivity index (χ1v) is 7.06. The molecule has 1 saturated heterocycles. The Morgan fingerprint density at radius 1 is 1.33 bits per heavy atom. The Labute approximate surface area is 124 Å². The number of nitrogens with one attached hydrogen (secondary N) is 2. The quantitative estimate of drug-likeness (QED) is 0.887. The summed E-state index contributed by atoms with van der Waals surface area (Å²) in [7, 11) is 3.33. The van der Waals surface area contributed by atoms with E-state index in [1.807, 2.05) is 0 Å². The molecule has 1 aliphatic rings. The van der Waals surface area contributed by atoms with Gasteiger partial charge in [-0.05, 0) is 37.1 Å². The maximum absolute atomic E-state index is 12.1. The van der Waals surface area contributed by atoms with Gasteiger partial charge in [-0.15, -0.1) is 0 Å². The fraction of sp³-hybridized carbons (Fsp3) is 0.467. The lowest BCUT2D eigenvalue weighted by Crippen LogP contribution is -2.37. The number of likely N-dealkylation sites (N-methyl/N-ethyl adjacent to an activating group) is 1. The molecule has 2 rings (SSSR count). The highest BCUT2D eigenvalue weighted by Gasteiger charge is 2.20. The highest BCUT2D eigenvalue weighted by molar-refractivity contribution is 5.95. The number of hydrogen-bond acceptors (Lipinski definition) is 3. The predicted octanol–water partition coefficient (Wildman–Crippen LogP) is 1.69. The molecule has 1 unspecified atom stereocenters. The maximum Gasteiger partial charge on any atom is 0.321 e. The first kappa shape index (κ1) is 15.3. The molecule has 6 heteroatoms. The summed E-state index contributed by atoms with van der Waals surface area (Å²) < 4.78 is 5.51. The monoisotopic (exact) mass is 291 g/mol. The Hall–Kier alpha value is -2.08. The zero-order valence-electron chi connectivity index (χ0n) is 12.4. The SMILES string of the molecule is CNC(=O)c1ccc(NC(=O)N(C)CC2CCCO2)cc1. The number of benzene rings is 1. The molecule has 114 valence electrons. The van der Waals surface area contributed by atoms with Crippen LogP contribution in [0, 0.1) is 0 Å². The number of hydrogen-bond donors (Lipinski definition) is 2. The van der Waals surface area contributed by atoms with Crippen LogP contribution in [0.1, 0.15) is 23.2 Å². The molecule has 1 fully saturated rings. The minimum Gasteiger partial charge on any atom is -0.376 e. The molecule has 3 amide bonds. The molecule has 0 radical (unpaired) electrons. The van der Waals surface area contributed by atoms with Crippen LogP contribution in [0.15, 0.2) is 24.3 Å². The van der Waals surface area contributed by atoms with E-state index in [4.69, 9.17) is 4.74 Å². The molecule has 0 spiro atoms. The van der Waals surface area contributed by atoms with Crippen LogP contribution in [0.25, 0.3) is 0 Å². The Kier molecular flexibility index (Phi) is 5.16. The molecule has 21 heavy (non-hydrogen) atoms. The average molecular weight is 291 g/mol. The second-order valence-corrected chi connectivity index (χ2v) is 5.10. The second-order valence-electron chi connectivity index (χ2n) is 5.10. The Morgan fingerprint density at radius 2 is 2.05 bits per heavy atom. The number of anilines is 1. The molecule has 0 bridgehead atoms. The molecule has 1 aromatic carbocycles. The Balaban J connectivity index is 1.87. The molecular formula is C15H21N3O3. The van der Waals surface area contributed by atoms with Gasteiger partial charge in [-0.3, -0.25) is 4.79 Å². The van der Waals surface area contributed by atoms with Gasteiger partial charge in [0, 0.05) is 38.5 Å². The van der Waals surface area contributed by atoms with Crippen molar-refractivity contribution in [3.05, 3.63) is 29.8 Å². The Bertz CT molecular complexity index is 495. The standard InChI is InChI=1S/C15H21N3O3/c1-16-14(19)11-5-7-12(8-6-11)17-15(20)18(2)10-13-4-3-9-21-13/h5-8,13H,3-4,9-10H2,1-2H3,(H,16,19)(H,17,20). The fourth-order valence-corrected chi connectivity index (χ4v) is 2.24. The summed E-state index contributed by atoms with van der Waals surface area (Å²) in [5.41, 5.74) is 1.22. The predicted molar refractivity (Wildman–Crippen MR) is 80.5 cm³/mol. The topological polar surface area (TPSA) is 70.7 Å². The van der Waals surface area contributed by atoms with Gasteiger partial charge >= 0.3 is 6.03 Å². The summed E-state index contributed by atoms with van der Waals surface area (Å²) in [5.74, 6) is -0.150. The van der Waals surface area contributed by atoms with Crippen molar-refractivity contribution in [1.82, 2.24) is 10.2 Å². The molecule has 0 saturated carbocycles. The summed E-state index contributed by atoms with van der Waals surface area (Å²) in [4.78, 5) is 25.1. The summed E-state index contributed by atoms with van der Waals surface area (Å²) >= 11 is 0. The zero-order valence-corrected chi connectivity index (χ0v) is 12.4. The molecule has 1 atom stereocenters. The molecule has 1 heterocycles. The van der Waals surface area contributed by atoms with Crippen LogP contribution in [-0.4, -0.2) is 50.2 Å². The van der Waals surface area contributed by atoms with Crippen LogP contribution in [0.3, 0.4) is 0 Å². The number of rotatable bonds is 4. The number of carbonyl (C=O) groups excluding carboxylic acids is 2. The van der Waals surface area contributed by atoms with E-state index in [2.05, 4.69) is 10.6 Å². The van der Waals surface area contributed by atoms with Crippen molar-refractivity contribution in [2.75, 3.05) is 32.6 Å². The van der Waals surface area contributed by atoms with Crippen molar-refractivity contribution in [2.24, 2.45) is 0 Å². The zero-order chi connectivity index (χ0) is 15.2. The fourth-order valence-electron chi connectivity index (χ4n) is 2.24. The summed E-state index contributed by atoms with van der Waals surface area (Å²) in [6.45, 7) is 1.36. The minimum absolute atomic E-state index is 0.136. The molecule has 1 aliphatic heterocycles. The smallest absolute Gasteiger partial charge is 0.321 e. The molecule has 0 aliphatic carbocycles. The number of nitrogens with zero attached hydrogens (tertiary/aromatic N) is 1. The minimum atomic E-state index is -0.182. The van der Waals surface area contributed by atoms with Gasteiger partial charge in [0.2, 0.25) is 0 Å². The number of ether oxygens (including phenoxy) is 1. The summed E-state index contributed by atoms with van der Waals surface area (Å²) in [6.07, 6.45) is 2.19. The van der Waals surface area contributed by atoms with E-state index in [0.29, 0.717) is 17.8 Å². The van der Waals surface area contributed by atoms with E-state index >= 15 is 0 Å².